The van der Waals surface area contributed by atoms with E-state index in [1.54, 1.807) is 12.1 Å². The molecular weight excluding hydrogens is 155 g/mol. The third-order valence-electron chi connectivity index (χ3n) is 1.88. The molecule has 1 aromatic carbocycles. The van der Waals surface area contributed by atoms with Crippen molar-refractivity contribution in [1.82, 2.24) is 0 Å². The minimum absolute atomic E-state index is 0.0191. The lowest BCUT2D eigenvalue weighted by Crippen LogP contribution is -1.95. The van der Waals surface area contributed by atoms with Crippen molar-refractivity contribution in [2.24, 2.45) is 0 Å². The monoisotopic (exact) mass is 164 g/mol. The van der Waals surface area contributed by atoms with E-state index in [1.165, 1.54) is 12.1 Å². The zero-order valence-electron chi connectivity index (χ0n) is 6.53. The SMILES string of the molecule is Fc1ccc([C@@H]2C=CCO2)cc1. The molecule has 1 aliphatic rings. The van der Waals surface area contributed by atoms with Gasteiger partial charge in [0.2, 0.25) is 0 Å². The molecule has 0 amide bonds. The van der Waals surface area contributed by atoms with E-state index in [0.717, 1.165) is 5.56 Å². The van der Waals surface area contributed by atoms with E-state index >= 15 is 0 Å². The van der Waals surface area contributed by atoms with Gasteiger partial charge in [-0.15, -0.1) is 0 Å². The van der Waals surface area contributed by atoms with Crippen molar-refractivity contribution < 1.29 is 9.13 Å². The highest BCUT2D eigenvalue weighted by atomic mass is 19.1. The Hall–Kier alpha value is -1.15. The van der Waals surface area contributed by atoms with Crippen molar-refractivity contribution in [2.75, 3.05) is 6.61 Å². The molecule has 0 saturated carbocycles. The molecule has 0 radical (unpaired) electrons. The van der Waals surface area contributed by atoms with Crippen LogP contribution in [0.4, 0.5) is 4.39 Å². The van der Waals surface area contributed by atoms with Crippen LogP contribution < -0.4 is 0 Å². The molecule has 12 heavy (non-hydrogen) atoms. The Morgan fingerprint density at radius 2 is 2.00 bits per heavy atom. The molecule has 2 heteroatoms. The van der Waals surface area contributed by atoms with E-state index in [4.69, 9.17) is 4.74 Å². The van der Waals surface area contributed by atoms with Crippen molar-refractivity contribution in [2.45, 2.75) is 6.10 Å². The van der Waals surface area contributed by atoms with E-state index in [9.17, 15) is 4.39 Å². The number of halogens is 1. The summed E-state index contributed by atoms with van der Waals surface area (Å²) in [4.78, 5) is 0. The maximum absolute atomic E-state index is 12.5. The molecule has 0 N–H and O–H groups in total. The van der Waals surface area contributed by atoms with Crippen molar-refractivity contribution in [1.29, 1.82) is 0 Å². The van der Waals surface area contributed by atoms with Gasteiger partial charge in [0.15, 0.2) is 0 Å². The molecular formula is C10H9FO. The Morgan fingerprint density at radius 1 is 1.25 bits per heavy atom. The average molecular weight is 164 g/mol. The van der Waals surface area contributed by atoms with E-state index in [0.29, 0.717) is 6.61 Å². The summed E-state index contributed by atoms with van der Waals surface area (Å²) in [5.41, 5.74) is 1.00. The quantitative estimate of drug-likeness (QED) is 0.579. The number of rotatable bonds is 1. The maximum Gasteiger partial charge on any atom is 0.123 e. The Kier molecular flexibility index (Phi) is 1.92. The van der Waals surface area contributed by atoms with Gasteiger partial charge in [-0.2, -0.15) is 0 Å². The second-order valence-corrected chi connectivity index (χ2v) is 2.73. The van der Waals surface area contributed by atoms with Crippen LogP contribution in [0.5, 0.6) is 0 Å². The molecule has 1 atom stereocenters. The highest BCUT2D eigenvalue weighted by Crippen LogP contribution is 2.22. The molecule has 1 nitrogen and oxygen atoms in total. The molecule has 0 aliphatic carbocycles. The zero-order chi connectivity index (χ0) is 8.39. The molecule has 1 aromatic rings. The molecule has 0 bridgehead atoms. The van der Waals surface area contributed by atoms with Gasteiger partial charge in [-0.25, -0.2) is 4.39 Å². The lowest BCUT2D eigenvalue weighted by molar-refractivity contribution is 0.129. The third kappa shape index (κ3) is 1.38. The van der Waals surface area contributed by atoms with Gasteiger partial charge >= 0.3 is 0 Å². The van der Waals surface area contributed by atoms with Gasteiger partial charge in [0.1, 0.15) is 11.9 Å². The summed E-state index contributed by atoms with van der Waals surface area (Å²) < 4.78 is 17.9. The van der Waals surface area contributed by atoms with Crippen LogP contribution in [0, 0.1) is 5.82 Å². The fourth-order valence-corrected chi connectivity index (χ4v) is 1.25. The molecule has 2 rings (SSSR count). The van der Waals surface area contributed by atoms with E-state index in [2.05, 4.69) is 0 Å². The maximum atomic E-state index is 12.5. The predicted octanol–water partition coefficient (Wildman–Crippen LogP) is 2.45. The van der Waals surface area contributed by atoms with Crippen molar-refractivity contribution in [3.8, 4) is 0 Å². The fraction of sp³-hybridized carbons (Fsp3) is 0.200. The van der Waals surface area contributed by atoms with Crippen LogP contribution in [0.2, 0.25) is 0 Å². The number of hydrogen-bond acceptors (Lipinski definition) is 1. The lowest BCUT2D eigenvalue weighted by Gasteiger charge is -2.07. The zero-order valence-corrected chi connectivity index (χ0v) is 6.53. The fourth-order valence-electron chi connectivity index (χ4n) is 1.25. The summed E-state index contributed by atoms with van der Waals surface area (Å²) in [6.45, 7) is 0.655. The van der Waals surface area contributed by atoms with Crippen LogP contribution >= 0.6 is 0 Å². The van der Waals surface area contributed by atoms with Crippen LogP contribution in [0.25, 0.3) is 0 Å². The Labute approximate surface area is 70.5 Å². The summed E-state index contributed by atoms with van der Waals surface area (Å²) in [6.07, 6.45) is 3.96. The normalized spacial score (nSPS) is 21.6. The van der Waals surface area contributed by atoms with Gasteiger partial charge in [-0.3, -0.25) is 0 Å². The largest absolute Gasteiger partial charge is 0.365 e. The summed E-state index contributed by atoms with van der Waals surface area (Å²) >= 11 is 0. The number of ether oxygens (including phenoxy) is 1. The standard InChI is InChI=1S/C10H9FO/c11-9-5-3-8(4-6-9)10-2-1-7-12-10/h1-6,10H,7H2/t10-/m0/s1. The van der Waals surface area contributed by atoms with Crippen LogP contribution in [0.15, 0.2) is 36.4 Å². The minimum atomic E-state index is -0.208. The van der Waals surface area contributed by atoms with Gasteiger partial charge < -0.3 is 4.74 Å². The van der Waals surface area contributed by atoms with Gasteiger partial charge in [0.05, 0.1) is 6.61 Å². The van der Waals surface area contributed by atoms with Gasteiger partial charge in [-0.1, -0.05) is 24.3 Å². The molecule has 1 heterocycles. The van der Waals surface area contributed by atoms with Crippen LogP contribution in [0.3, 0.4) is 0 Å². The summed E-state index contributed by atoms with van der Waals surface area (Å²) in [5, 5.41) is 0. The first-order chi connectivity index (χ1) is 5.86. The summed E-state index contributed by atoms with van der Waals surface area (Å²) in [7, 11) is 0. The second-order valence-electron chi connectivity index (χ2n) is 2.73. The van der Waals surface area contributed by atoms with Gasteiger partial charge in [0, 0.05) is 0 Å². The first-order valence-electron chi connectivity index (χ1n) is 3.90. The van der Waals surface area contributed by atoms with Gasteiger partial charge in [-0.05, 0) is 17.7 Å². The topological polar surface area (TPSA) is 9.23 Å². The van der Waals surface area contributed by atoms with Crippen molar-refractivity contribution >= 4 is 0 Å². The smallest absolute Gasteiger partial charge is 0.123 e. The molecule has 1 aliphatic heterocycles. The number of benzene rings is 1. The minimum Gasteiger partial charge on any atom is -0.365 e. The molecule has 0 spiro atoms. The van der Waals surface area contributed by atoms with Crippen molar-refractivity contribution in [3.05, 3.63) is 47.8 Å². The Bertz CT molecular complexity index is 289. The van der Waals surface area contributed by atoms with Crippen LogP contribution in [0.1, 0.15) is 11.7 Å². The first kappa shape index (κ1) is 7.50. The molecule has 62 valence electrons. The van der Waals surface area contributed by atoms with E-state index < -0.39 is 0 Å². The third-order valence-corrected chi connectivity index (χ3v) is 1.88. The number of hydrogen-bond donors (Lipinski definition) is 0. The molecule has 0 saturated heterocycles. The summed E-state index contributed by atoms with van der Waals surface area (Å²) in [6, 6.07) is 6.39. The average Bonchev–Trinajstić information content (AvgIpc) is 2.58. The second kappa shape index (κ2) is 3.07. The van der Waals surface area contributed by atoms with Gasteiger partial charge in [0.25, 0.3) is 0 Å². The highest BCUT2D eigenvalue weighted by Gasteiger charge is 2.11. The van der Waals surface area contributed by atoms with Crippen LogP contribution in [-0.4, -0.2) is 6.61 Å². The van der Waals surface area contributed by atoms with E-state index in [1.807, 2.05) is 12.2 Å². The highest BCUT2D eigenvalue weighted by molar-refractivity contribution is 5.23. The first-order valence-corrected chi connectivity index (χ1v) is 3.90. The van der Waals surface area contributed by atoms with Crippen LogP contribution in [-0.2, 0) is 4.74 Å². The molecule has 0 aromatic heterocycles. The lowest BCUT2D eigenvalue weighted by atomic mass is 10.1. The summed E-state index contributed by atoms with van der Waals surface area (Å²) in [5.74, 6) is -0.208. The Morgan fingerprint density at radius 3 is 2.58 bits per heavy atom. The van der Waals surface area contributed by atoms with E-state index in [-0.39, 0.29) is 11.9 Å². The molecule has 0 fully saturated rings. The Balaban J connectivity index is 2.23. The predicted molar refractivity (Wildman–Crippen MR) is 44.2 cm³/mol. The molecule has 0 unspecified atom stereocenters. The van der Waals surface area contributed by atoms with Crippen molar-refractivity contribution in [3.63, 3.8) is 0 Å².